The van der Waals surface area contributed by atoms with Crippen molar-refractivity contribution in [3.8, 4) is 0 Å². The number of nitrogens with zero attached hydrogens (tertiary/aromatic N) is 2. The van der Waals surface area contributed by atoms with Gasteiger partial charge in [-0.2, -0.15) is 0 Å². The lowest BCUT2D eigenvalue weighted by molar-refractivity contribution is -0.124. The summed E-state index contributed by atoms with van der Waals surface area (Å²) < 4.78 is 1.31. The van der Waals surface area contributed by atoms with E-state index in [1.165, 1.54) is 15.8 Å². The van der Waals surface area contributed by atoms with Gasteiger partial charge in [-0.05, 0) is 55.9 Å². The average molecular weight is 410 g/mol. The van der Waals surface area contributed by atoms with Crippen LogP contribution in [-0.2, 0) is 29.0 Å². The number of hydrogen-bond acceptors (Lipinski definition) is 5. The molecule has 8 heteroatoms. The van der Waals surface area contributed by atoms with Crippen LogP contribution in [-0.4, -0.2) is 27.9 Å². The number of hydrogen-bond donors (Lipinski definition) is 2. The first-order valence-corrected chi connectivity index (χ1v) is 10.4. The SMILES string of the molecule is Cc1cccc(NC(=O)CNC(=O)Cn2cnc3sc4c(c3c2=O)CCC4)c1C. The molecule has 1 aliphatic rings. The number of benzene rings is 1. The summed E-state index contributed by atoms with van der Waals surface area (Å²) in [5, 5.41) is 6.01. The molecule has 0 bridgehead atoms. The molecule has 150 valence electrons. The molecule has 7 nitrogen and oxygen atoms in total. The van der Waals surface area contributed by atoms with Gasteiger partial charge in [-0.3, -0.25) is 19.0 Å². The van der Waals surface area contributed by atoms with Gasteiger partial charge in [0.25, 0.3) is 5.56 Å². The van der Waals surface area contributed by atoms with Crippen molar-refractivity contribution in [3.63, 3.8) is 0 Å². The Hall–Kier alpha value is -3.00. The minimum absolute atomic E-state index is 0.162. The largest absolute Gasteiger partial charge is 0.345 e. The van der Waals surface area contributed by atoms with Gasteiger partial charge in [0.15, 0.2) is 0 Å². The highest BCUT2D eigenvalue weighted by atomic mass is 32.1. The Balaban J connectivity index is 1.40. The number of amides is 2. The summed E-state index contributed by atoms with van der Waals surface area (Å²) >= 11 is 1.57. The van der Waals surface area contributed by atoms with Crippen LogP contribution in [0.15, 0.2) is 29.3 Å². The first-order valence-electron chi connectivity index (χ1n) is 9.56. The van der Waals surface area contributed by atoms with E-state index in [2.05, 4.69) is 15.6 Å². The van der Waals surface area contributed by atoms with Crippen molar-refractivity contribution in [3.05, 3.63) is 56.4 Å². The van der Waals surface area contributed by atoms with Crippen LogP contribution in [0.5, 0.6) is 0 Å². The number of rotatable bonds is 5. The predicted octanol–water partition coefficient (Wildman–Crippen LogP) is 2.32. The van der Waals surface area contributed by atoms with E-state index in [0.29, 0.717) is 5.39 Å². The molecule has 0 atom stereocenters. The van der Waals surface area contributed by atoms with Crippen molar-refractivity contribution in [1.29, 1.82) is 0 Å². The highest BCUT2D eigenvalue weighted by Crippen LogP contribution is 2.34. The summed E-state index contributed by atoms with van der Waals surface area (Å²) in [7, 11) is 0. The summed E-state index contributed by atoms with van der Waals surface area (Å²) in [6, 6.07) is 5.66. The number of thiophene rings is 1. The Morgan fingerprint density at radius 3 is 2.86 bits per heavy atom. The molecule has 1 aliphatic carbocycles. The van der Waals surface area contributed by atoms with Crippen molar-refractivity contribution < 1.29 is 9.59 Å². The van der Waals surface area contributed by atoms with Crippen LogP contribution in [0.1, 0.15) is 28.0 Å². The monoisotopic (exact) mass is 410 g/mol. The van der Waals surface area contributed by atoms with Gasteiger partial charge in [-0.25, -0.2) is 4.98 Å². The summed E-state index contributed by atoms with van der Waals surface area (Å²) in [5.74, 6) is -0.722. The van der Waals surface area contributed by atoms with Gasteiger partial charge in [0.2, 0.25) is 11.8 Å². The first kappa shape index (κ1) is 19.3. The number of nitrogens with one attached hydrogen (secondary N) is 2. The smallest absolute Gasteiger partial charge is 0.262 e. The molecule has 3 aromatic rings. The fourth-order valence-electron chi connectivity index (χ4n) is 3.60. The fourth-order valence-corrected chi connectivity index (χ4v) is 4.82. The standard InChI is InChI=1S/C21H22N4O3S/c1-12-5-3-7-15(13(12)2)24-17(26)9-22-18(27)10-25-11-23-20-19(21(25)28)14-6-4-8-16(14)29-20/h3,5,7,11H,4,6,8-10H2,1-2H3,(H,22,27)(H,24,26). The normalized spacial score (nSPS) is 12.8. The third-order valence-electron chi connectivity index (χ3n) is 5.33. The molecule has 2 N–H and O–H groups in total. The minimum Gasteiger partial charge on any atom is -0.345 e. The fraction of sp³-hybridized carbons (Fsp3) is 0.333. The second-order valence-corrected chi connectivity index (χ2v) is 8.37. The van der Waals surface area contributed by atoms with Gasteiger partial charge in [0.05, 0.1) is 18.3 Å². The van der Waals surface area contributed by atoms with Gasteiger partial charge in [0.1, 0.15) is 11.4 Å². The quantitative estimate of drug-likeness (QED) is 0.675. The lowest BCUT2D eigenvalue weighted by Gasteiger charge is -2.11. The molecule has 0 aliphatic heterocycles. The van der Waals surface area contributed by atoms with E-state index in [0.717, 1.165) is 46.5 Å². The van der Waals surface area contributed by atoms with Crippen LogP contribution in [0.2, 0.25) is 0 Å². The Morgan fingerprint density at radius 2 is 2.03 bits per heavy atom. The Labute approximate surface area is 171 Å². The van der Waals surface area contributed by atoms with Crippen molar-refractivity contribution in [2.75, 3.05) is 11.9 Å². The zero-order valence-electron chi connectivity index (χ0n) is 16.4. The van der Waals surface area contributed by atoms with Crippen molar-refractivity contribution >= 4 is 39.1 Å². The summed E-state index contributed by atoms with van der Waals surface area (Å²) in [4.78, 5) is 43.6. The van der Waals surface area contributed by atoms with E-state index in [1.54, 1.807) is 11.3 Å². The lowest BCUT2D eigenvalue weighted by Crippen LogP contribution is -2.37. The van der Waals surface area contributed by atoms with E-state index < -0.39 is 5.91 Å². The van der Waals surface area contributed by atoms with E-state index in [-0.39, 0.29) is 24.6 Å². The average Bonchev–Trinajstić information content (AvgIpc) is 3.27. The lowest BCUT2D eigenvalue weighted by atomic mass is 10.1. The molecule has 2 heterocycles. The molecule has 0 radical (unpaired) electrons. The van der Waals surface area contributed by atoms with E-state index in [9.17, 15) is 14.4 Å². The number of anilines is 1. The van der Waals surface area contributed by atoms with Crippen LogP contribution >= 0.6 is 11.3 Å². The third-order valence-corrected chi connectivity index (χ3v) is 6.53. The van der Waals surface area contributed by atoms with Crippen LogP contribution in [0.4, 0.5) is 5.69 Å². The summed E-state index contributed by atoms with van der Waals surface area (Å²) in [6.45, 7) is 3.58. The Morgan fingerprint density at radius 1 is 1.21 bits per heavy atom. The van der Waals surface area contributed by atoms with Gasteiger partial charge >= 0.3 is 0 Å². The molecule has 0 saturated heterocycles. The van der Waals surface area contributed by atoms with Crippen molar-refractivity contribution in [1.82, 2.24) is 14.9 Å². The van der Waals surface area contributed by atoms with Gasteiger partial charge in [-0.15, -0.1) is 11.3 Å². The topological polar surface area (TPSA) is 93.1 Å². The number of carbonyl (C=O) groups excluding carboxylic acids is 2. The van der Waals surface area contributed by atoms with Crippen molar-refractivity contribution in [2.45, 2.75) is 39.7 Å². The molecule has 0 unspecified atom stereocenters. The maximum Gasteiger partial charge on any atom is 0.262 e. The van der Waals surface area contributed by atoms with E-state index >= 15 is 0 Å². The molecular weight excluding hydrogens is 388 g/mol. The molecule has 0 fully saturated rings. The Kier molecular flexibility index (Phi) is 5.19. The molecule has 2 aromatic heterocycles. The third kappa shape index (κ3) is 3.80. The number of fused-ring (bicyclic) bond motifs is 3. The van der Waals surface area contributed by atoms with Gasteiger partial charge in [0, 0.05) is 10.6 Å². The highest BCUT2D eigenvalue weighted by Gasteiger charge is 2.21. The predicted molar refractivity (Wildman–Crippen MR) is 113 cm³/mol. The van der Waals surface area contributed by atoms with Crippen molar-refractivity contribution in [2.24, 2.45) is 0 Å². The maximum absolute atomic E-state index is 12.8. The molecule has 29 heavy (non-hydrogen) atoms. The summed E-state index contributed by atoms with van der Waals surface area (Å²) in [6.07, 6.45) is 4.35. The van der Waals surface area contributed by atoms with Gasteiger partial charge < -0.3 is 10.6 Å². The molecule has 2 amide bonds. The number of carbonyl (C=O) groups is 2. The molecular formula is C21H22N4O3S. The van der Waals surface area contributed by atoms with Crippen LogP contribution in [0.25, 0.3) is 10.2 Å². The molecule has 0 spiro atoms. The zero-order chi connectivity index (χ0) is 20.5. The summed E-state index contributed by atoms with van der Waals surface area (Å²) in [5.41, 5.74) is 3.69. The first-order chi connectivity index (χ1) is 13.9. The molecule has 4 rings (SSSR count). The molecule has 0 saturated carbocycles. The van der Waals surface area contributed by atoms with Gasteiger partial charge in [-0.1, -0.05) is 12.1 Å². The molecule has 1 aromatic carbocycles. The minimum atomic E-state index is -0.406. The van der Waals surface area contributed by atoms with Crippen LogP contribution in [0.3, 0.4) is 0 Å². The number of aromatic nitrogens is 2. The van der Waals surface area contributed by atoms with E-state index in [1.807, 2.05) is 32.0 Å². The van der Waals surface area contributed by atoms with Crippen LogP contribution < -0.4 is 16.2 Å². The number of aryl methyl sites for hydroxylation is 3. The second-order valence-electron chi connectivity index (χ2n) is 7.29. The maximum atomic E-state index is 12.8. The van der Waals surface area contributed by atoms with Crippen LogP contribution in [0, 0.1) is 13.8 Å². The Bertz CT molecular complexity index is 1180. The zero-order valence-corrected chi connectivity index (χ0v) is 17.2. The van der Waals surface area contributed by atoms with E-state index in [4.69, 9.17) is 0 Å². The highest BCUT2D eigenvalue weighted by molar-refractivity contribution is 7.18. The second kappa shape index (κ2) is 7.79.